The second kappa shape index (κ2) is 7.58. The van der Waals surface area contributed by atoms with E-state index < -0.39 is 0 Å². The molecule has 0 saturated carbocycles. The molecule has 0 spiro atoms. The van der Waals surface area contributed by atoms with Gasteiger partial charge in [0.05, 0.1) is 0 Å². The number of nitrogens with zero attached hydrogens (tertiary/aromatic N) is 4. The Kier molecular flexibility index (Phi) is 4.83. The second-order valence-corrected chi connectivity index (χ2v) is 6.60. The van der Waals surface area contributed by atoms with Gasteiger partial charge in [0.25, 0.3) is 5.91 Å². The van der Waals surface area contributed by atoms with Gasteiger partial charge < -0.3 is 9.80 Å². The molecule has 27 heavy (non-hydrogen) atoms. The van der Waals surface area contributed by atoms with E-state index in [-0.39, 0.29) is 5.91 Å². The van der Waals surface area contributed by atoms with Crippen molar-refractivity contribution in [2.75, 3.05) is 22.9 Å². The normalized spacial score (nSPS) is 13.1. The minimum Gasteiger partial charge on any atom is -0.350 e. The highest BCUT2D eigenvalue weighted by Crippen LogP contribution is 2.23. The zero-order valence-corrected chi connectivity index (χ0v) is 15.4. The molecule has 0 atom stereocenters. The molecule has 2 aromatic carbocycles. The molecular formula is C22H22N4O. The highest BCUT2D eigenvalue weighted by molar-refractivity contribution is 6.04. The van der Waals surface area contributed by atoms with Crippen LogP contribution in [0.15, 0.2) is 66.7 Å². The fourth-order valence-corrected chi connectivity index (χ4v) is 3.49. The van der Waals surface area contributed by atoms with Gasteiger partial charge >= 0.3 is 0 Å². The Morgan fingerprint density at radius 2 is 1.70 bits per heavy atom. The lowest BCUT2D eigenvalue weighted by Gasteiger charge is -2.29. The first-order chi connectivity index (χ1) is 13.3. The van der Waals surface area contributed by atoms with Crippen LogP contribution in [0.4, 0.5) is 11.5 Å². The van der Waals surface area contributed by atoms with Crippen molar-refractivity contribution in [3.63, 3.8) is 0 Å². The minimum absolute atomic E-state index is 0.133. The summed E-state index contributed by atoms with van der Waals surface area (Å²) in [7, 11) is 0. The third kappa shape index (κ3) is 3.53. The topological polar surface area (TPSA) is 49.3 Å². The molecule has 1 amide bonds. The van der Waals surface area contributed by atoms with Crippen molar-refractivity contribution in [2.45, 2.75) is 19.9 Å². The Bertz CT molecular complexity index is 925. The van der Waals surface area contributed by atoms with Crippen LogP contribution in [0.5, 0.6) is 0 Å². The van der Waals surface area contributed by atoms with Crippen LogP contribution in [0.1, 0.15) is 28.5 Å². The first kappa shape index (κ1) is 17.2. The van der Waals surface area contributed by atoms with Crippen LogP contribution >= 0.6 is 0 Å². The quantitative estimate of drug-likeness (QED) is 0.713. The summed E-state index contributed by atoms with van der Waals surface area (Å²) < 4.78 is 0. The van der Waals surface area contributed by atoms with E-state index in [0.717, 1.165) is 31.0 Å². The van der Waals surface area contributed by atoms with Gasteiger partial charge in [-0.2, -0.15) is 0 Å². The van der Waals surface area contributed by atoms with Crippen molar-refractivity contribution < 1.29 is 4.79 Å². The van der Waals surface area contributed by atoms with Gasteiger partial charge in [-0.25, -0.2) is 0 Å². The summed E-state index contributed by atoms with van der Waals surface area (Å²) >= 11 is 0. The molecule has 0 fully saturated rings. The summed E-state index contributed by atoms with van der Waals surface area (Å²) in [6, 6.07) is 21.8. The lowest BCUT2D eigenvalue weighted by atomic mass is 10.00. The van der Waals surface area contributed by atoms with E-state index >= 15 is 0 Å². The second-order valence-electron chi connectivity index (χ2n) is 6.60. The summed E-state index contributed by atoms with van der Waals surface area (Å²) in [6.07, 6.45) is 0.996. The van der Waals surface area contributed by atoms with Crippen molar-refractivity contribution in [1.82, 2.24) is 10.2 Å². The number of anilines is 2. The van der Waals surface area contributed by atoms with Gasteiger partial charge in [-0.3, -0.25) is 4.79 Å². The summed E-state index contributed by atoms with van der Waals surface area (Å²) in [5, 5.41) is 8.56. The SMILES string of the molecule is CCN(C(=O)c1ccc(N2CCc3ccccc3C2)nn1)c1ccccc1. The van der Waals surface area contributed by atoms with E-state index in [0.29, 0.717) is 12.2 Å². The average Bonchev–Trinajstić information content (AvgIpc) is 2.75. The van der Waals surface area contributed by atoms with Gasteiger partial charge in [-0.05, 0) is 48.7 Å². The number of carbonyl (C=O) groups is 1. The zero-order chi connectivity index (χ0) is 18.6. The standard InChI is InChI=1S/C22H22N4O/c1-2-26(19-10-4-3-5-11-19)22(27)20-12-13-21(24-23-20)25-15-14-17-8-6-7-9-18(17)16-25/h3-13H,2,14-16H2,1H3. The lowest BCUT2D eigenvalue weighted by Crippen LogP contribution is -2.33. The van der Waals surface area contributed by atoms with Crippen molar-refractivity contribution in [3.8, 4) is 0 Å². The molecule has 0 bridgehead atoms. The number of fused-ring (bicyclic) bond motifs is 1. The van der Waals surface area contributed by atoms with E-state index in [4.69, 9.17) is 0 Å². The number of hydrogen-bond acceptors (Lipinski definition) is 4. The maximum Gasteiger partial charge on any atom is 0.278 e. The highest BCUT2D eigenvalue weighted by atomic mass is 16.2. The number of rotatable bonds is 4. The fraction of sp³-hybridized carbons (Fsp3) is 0.227. The maximum absolute atomic E-state index is 12.8. The van der Waals surface area contributed by atoms with Crippen LogP contribution in [0.3, 0.4) is 0 Å². The molecule has 1 aromatic heterocycles. The Balaban J connectivity index is 1.51. The zero-order valence-electron chi connectivity index (χ0n) is 15.4. The molecule has 1 aliphatic heterocycles. The highest BCUT2D eigenvalue weighted by Gasteiger charge is 2.20. The van der Waals surface area contributed by atoms with Crippen molar-refractivity contribution >= 4 is 17.4 Å². The van der Waals surface area contributed by atoms with Crippen LogP contribution < -0.4 is 9.80 Å². The minimum atomic E-state index is -0.133. The lowest BCUT2D eigenvalue weighted by molar-refractivity contribution is 0.0982. The van der Waals surface area contributed by atoms with Crippen molar-refractivity contribution in [1.29, 1.82) is 0 Å². The summed E-state index contributed by atoms with van der Waals surface area (Å²) in [5.41, 5.74) is 3.95. The Labute approximate surface area is 159 Å². The van der Waals surface area contributed by atoms with Crippen LogP contribution in [-0.4, -0.2) is 29.2 Å². The Morgan fingerprint density at radius 1 is 0.963 bits per heavy atom. The van der Waals surface area contributed by atoms with E-state index in [1.807, 2.05) is 43.3 Å². The molecule has 136 valence electrons. The number of benzene rings is 2. The van der Waals surface area contributed by atoms with Crippen molar-refractivity contribution in [3.05, 3.63) is 83.6 Å². The van der Waals surface area contributed by atoms with Crippen molar-refractivity contribution in [2.24, 2.45) is 0 Å². The molecular weight excluding hydrogens is 336 g/mol. The predicted molar refractivity (Wildman–Crippen MR) is 107 cm³/mol. The van der Waals surface area contributed by atoms with Gasteiger partial charge in [-0.15, -0.1) is 10.2 Å². The Morgan fingerprint density at radius 3 is 2.41 bits per heavy atom. The van der Waals surface area contributed by atoms with Gasteiger partial charge in [0.1, 0.15) is 0 Å². The molecule has 4 rings (SSSR count). The molecule has 0 saturated heterocycles. The number of aromatic nitrogens is 2. The largest absolute Gasteiger partial charge is 0.350 e. The Hall–Kier alpha value is -3.21. The van der Waals surface area contributed by atoms with Crippen LogP contribution in [-0.2, 0) is 13.0 Å². The average molecular weight is 358 g/mol. The van der Waals surface area contributed by atoms with E-state index in [9.17, 15) is 4.79 Å². The molecule has 0 radical (unpaired) electrons. The molecule has 0 N–H and O–H groups in total. The molecule has 3 aromatic rings. The molecule has 5 nitrogen and oxygen atoms in total. The monoisotopic (exact) mass is 358 g/mol. The summed E-state index contributed by atoms with van der Waals surface area (Å²) in [6.45, 7) is 4.26. The smallest absolute Gasteiger partial charge is 0.278 e. The molecule has 2 heterocycles. The summed E-state index contributed by atoms with van der Waals surface area (Å²) in [5.74, 6) is 0.676. The van der Waals surface area contributed by atoms with Gasteiger partial charge in [0.2, 0.25) is 0 Å². The molecule has 1 aliphatic rings. The van der Waals surface area contributed by atoms with Crippen LogP contribution in [0.25, 0.3) is 0 Å². The molecule has 5 heteroatoms. The number of para-hydroxylation sites is 1. The third-order valence-electron chi connectivity index (χ3n) is 4.95. The number of hydrogen-bond donors (Lipinski definition) is 0. The number of amides is 1. The van der Waals surface area contributed by atoms with E-state index in [1.54, 1.807) is 11.0 Å². The third-order valence-corrected chi connectivity index (χ3v) is 4.95. The van der Waals surface area contributed by atoms with E-state index in [2.05, 4.69) is 39.4 Å². The van der Waals surface area contributed by atoms with Crippen LogP contribution in [0, 0.1) is 0 Å². The maximum atomic E-state index is 12.8. The van der Waals surface area contributed by atoms with Gasteiger partial charge in [0.15, 0.2) is 11.5 Å². The first-order valence-electron chi connectivity index (χ1n) is 9.28. The molecule has 0 unspecified atom stereocenters. The van der Waals surface area contributed by atoms with Gasteiger partial charge in [0, 0.05) is 25.3 Å². The number of carbonyl (C=O) groups excluding carboxylic acids is 1. The first-order valence-corrected chi connectivity index (χ1v) is 9.28. The molecule has 0 aliphatic carbocycles. The summed E-state index contributed by atoms with van der Waals surface area (Å²) in [4.78, 5) is 16.8. The fourth-order valence-electron chi connectivity index (χ4n) is 3.49. The van der Waals surface area contributed by atoms with Gasteiger partial charge in [-0.1, -0.05) is 42.5 Å². The predicted octanol–water partition coefficient (Wildman–Crippen LogP) is 3.71. The van der Waals surface area contributed by atoms with Crippen LogP contribution in [0.2, 0.25) is 0 Å². The van der Waals surface area contributed by atoms with E-state index in [1.165, 1.54) is 11.1 Å².